The number of sulfonamides is 1. The summed E-state index contributed by atoms with van der Waals surface area (Å²) < 4.78 is 28.5. The van der Waals surface area contributed by atoms with Crippen molar-refractivity contribution in [3.8, 4) is 0 Å². The first-order chi connectivity index (χ1) is 18.3. The summed E-state index contributed by atoms with van der Waals surface area (Å²) in [5.74, 6) is -1.06. The van der Waals surface area contributed by atoms with Crippen molar-refractivity contribution in [2.24, 2.45) is 0 Å². The maximum absolute atomic E-state index is 13.9. The highest BCUT2D eigenvalue weighted by Crippen LogP contribution is 2.33. The smallest absolute Gasteiger partial charge is 0.264 e. The number of rotatable bonds is 10. The van der Waals surface area contributed by atoms with Crippen LogP contribution >= 0.6 is 46.4 Å². The molecule has 0 aromatic heterocycles. The summed E-state index contributed by atoms with van der Waals surface area (Å²) in [6.07, 6.45) is 0. The summed E-state index contributed by atoms with van der Waals surface area (Å²) in [7, 11) is -4.27. The fraction of sp³-hybridized carbons (Fsp3) is 0.259. The molecule has 39 heavy (non-hydrogen) atoms. The number of hydrogen-bond acceptors (Lipinski definition) is 4. The highest BCUT2D eigenvalue weighted by Gasteiger charge is 2.33. The first-order valence-electron chi connectivity index (χ1n) is 11.9. The van der Waals surface area contributed by atoms with Crippen molar-refractivity contribution in [2.45, 2.75) is 44.3 Å². The van der Waals surface area contributed by atoms with E-state index >= 15 is 0 Å². The molecule has 12 heteroatoms. The van der Waals surface area contributed by atoms with Gasteiger partial charge < -0.3 is 10.2 Å². The molecule has 2 amide bonds. The summed E-state index contributed by atoms with van der Waals surface area (Å²) >= 11 is 24.8. The molecule has 0 bridgehead atoms. The van der Waals surface area contributed by atoms with Gasteiger partial charge in [-0.3, -0.25) is 13.9 Å². The third-order valence-corrected chi connectivity index (χ3v) is 8.79. The Labute approximate surface area is 248 Å². The zero-order valence-corrected chi connectivity index (χ0v) is 25.2. The lowest BCUT2D eigenvalue weighted by molar-refractivity contribution is -0.139. The molecule has 208 valence electrons. The molecular weight excluding hydrogens is 604 g/mol. The molecule has 0 aliphatic carbocycles. The van der Waals surface area contributed by atoms with Crippen LogP contribution in [0.25, 0.3) is 0 Å². The molecular formula is C27H27Cl4N3O4S. The molecule has 0 radical (unpaired) electrons. The lowest BCUT2D eigenvalue weighted by Gasteiger charge is -2.32. The number of carbonyl (C=O) groups excluding carboxylic acids is 2. The molecule has 0 aliphatic rings. The molecule has 3 aromatic carbocycles. The SMILES string of the molecule is CC(C)NC(=O)[C@@H](C)N(Cc1ccc(Cl)c(Cl)c1)C(=O)CN(c1cc(Cl)ccc1Cl)S(=O)(=O)c1ccccc1. The van der Waals surface area contributed by atoms with E-state index in [0.29, 0.717) is 10.6 Å². The molecule has 7 nitrogen and oxygen atoms in total. The number of benzene rings is 3. The quantitative estimate of drug-likeness (QED) is 0.279. The van der Waals surface area contributed by atoms with Crippen LogP contribution in [0.3, 0.4) is 0 Å². The van der Waals surface area contributed by atoms with E-state index in [1.807, 2.05) is 0 Å². The van der Waals surface area contributed by atoms with Crippen molar-refractivity contribution in [1.82, 2.24) is 10.2 Å². The number of nitrogens with zero attached hydrogens (tertiary/aromatic N) is 2. The third kappa shape index (κ3) is 7.80. The maximum Gasteiger partial charge on any atom is 0.264 e. The van der Waals surface area contributed by atoms with Crippen LogP contribution < -0.4 is 9.62 Å². The monoisotopic (exact) mass is 629 g/mol. The van der Waals surface area contributed by atoms with Crippen molar-refractivity contribution < 1.29 is 18.0 Å². The largest absolute Gasteiger partial charge is 0.352 e. The molecule has 0 spiro atoms. The molecule has 0 saturated heterocycles. The van der Waals surface area contributed by atoms with Crippen LogP contribution in [0.4, 0.5) is 5.69 Å². The maximum atomic E-state index is 13.9. The minimum atomic E-state index is -4.27. The van der Waals surface area contributed by atoms with Crippen molar-refractivity contribution in [3.05, 3.63) is 92.4 Å². The number of halogens is 4. The first-order valence-corrected chi connectivity index (χ1v) is 14.8. The Morgan fingerprint density at radius 1 is 0.846 bits per heavy atom. The summed E-state index contributed by atoms with van der Waals surface area (Å²) in [6.45, 7) is 4.47. The number of carbonyl (C=O) groups is 2. The van der Waals surface area contributed by atoms with E-state index in [1.54, 1.807) is 57.2 Å². The fourth-order valence-electron chi connectivity index (χ4n) is 3.73. The van der Waals surface area contributed by atoms with Gasteiger partial charge >= 0.3 is 0 Å². The zero-order valence-electron chi connectivity index (χ0n) is 21.4. The van der Waals surface area contributed by atoms with Crippen LogP contribution in [-0.2, 0) is 26.2 Å². The second kappa shape index (κ2) is 13.2. The summed E-state index contributed by atoms with van der Waals surface area (Å²) in [4.78, 5) is 28.1. The van der Waals surface area contributed by atoms with Gasteiger partial charge in [0.25, 0.3) is 10.0 Å². The van der Waals surface area contributed by atoms with Crippen LogP contribution in [0.2, 0.25) is 20.1 Å². The highest BCUT2D eigenvalue weighted by atomic mass is 35.5. The molecule has 0 heterocycles. The van der Waals surface area contributed by atoms with E-state index in [1.165, 1.54) is 35.2 Å². The van der Waals surface area contributed by atoms with Crippen LogP contribution in [0.1, 0.15) is 26.3 Å². The topological polar surface area (TPSA) is 86.8 Å². The van der Waals surface area contributed by atoms with Crippen molar-refractivity contribution in [1.29, 1.82) is 0 Å². The van der Waals surface area contributed by atoms with Crippen LogP contribution in [0.5, 0.6) is 0 Å². The minimum Gasteiger partial charge on any atom is -0.352 e. The summed E-state index contributed by atoms with van der Waals surface area (Å²) in [5, 5.41) is 3.71. The van der Waals surface area contributed by atoms with Crippen molar-refractivity contribution >= 4 is 73.9 Å². The molecule has 1 atom stereocenters. The minimum absolute atomic E-state index is 0.0233. The Bertz CT molecular complexity index is 1450. The highest BCUT2D eigenvalue weighted by molar-refractivity contribution is 7.92. The molecule has 0 saturated carbocycles. The molecule has 0 unspecified atom stereocenters. The van der Waals surface area contributed by atoms with Gasteiger partial charge in [-0.2, -0.15) is 0 Å². The summed E-state index contributed by atoms with van der Waals surface area (Å²) in [5.41, 5.74) is 0.621. The fourth-order valence-corrected chi connectivity index (χ4v) is 5.94. The van der Waals surface area contributed by atoms with E-state index in [2.05, 4.69) is 5.32 Å². The Morgan fingerprint density at radius 2 is 1.49 bits per heavy atom. The van der Waals surface area contributed by atoms with Gasteiger partial charge in [0, 0.05) is 17.6 Å². The molecule has 1 N–H and O–H groups in total. The van der Waals surface area contributed by atoms with Gasteiger partial charge in [-0.25, -0.2) is 8.42 Å². The molecule has 3 aromatic rings. The average Bonchev–Trinajstić information content (AvgIpc) is 2.89. The molecule has 0 fully saturated rings. The van der Waals surface area contributed by atoms with E-state index in [0.717, 1.165) is 4.31 Å². The number of nitrogens with one attached hydrogen (secondary N) is 1. The number of hydrogen-bond donors (Lipinski definition) is 1. The second-order valence-corrected chi connectivity index (χ2v) is 12.6. The standard InChI is InChI=1S/C27H27Cl4N3O4S/c1-17(2)32-27(36)18(3)33(15-19-9-11-22(29)24(31)13-19)26(35)16-34(25-14-20(28)10-12-23(25)30)39(37,38)21-7-5-4-6-8-21/h4-14,17-18H,15-16H2,1-3H3,(H,32,36)/t18-/m1/s1. The molecule has 3 rings (SSSR count). The predicted molar refractivity (Wildman–Crippen MR) is 157 cm³/mol. The van der Waals surface area contributed by atoms with Crippen LogP contribution in [-0.4, -0.2) is 43.8 Å². The predicted octanol–water partition coefficient (Wildman–Crippen LogP) is 6.44. The number of amides is 2. The van der Waals surface area contributed by atoms with Gasteiger partial charge in [0.05, 0.1) is 25.7 Å². The number of anilines is 1. The third-order valence-electron chi connectivity index (χ3n) is 5.72. The second-order valence-electron chi connectivity index (χ2n) is 9.03. The van der Waals surface area contributed by atoms with Gasteiger partial charge in [-0.05, 0) is 68.8 Å². The Hall–Kier alpha value is -2.49. The Balaban J connectivity index is 2.07. The Morgan fingerprint density at radius 3 is 2.10 bits per heavy atom. The van der Waals surface area contributed by atoms with E-state index in [9.17, 15) is 18.0 Å². The first kappa shape index (κ1) is 31.0. The van der Waals surface area contributed by atoms with Crippen molar-refractivity contribution in [2.75, 3.05) is 10.8 Å². The lowest BCUT2D eigenvalue weighted by atomic mass is 10.1. The molecule has 0 aliphatic heterocycles. The van der Waals surface area contributed by atoms with Crippen LogP contribution in [0, 0.1) is 0 Å². The van der Waals surface area contributed by atoms with Crippen LogP contribution in [0.15, 0.2) is 71.6 Å². The zero-order chi connectivity index (χ0) is 28.9. The van der Waals surface area contributed by atoms with Gasteiger partial charge in [0.1, 0.15) is 12.6 Å². The summed E-state index contributed by atoms with van der Waals surface area (Å²) in [6, 6.07) is 15.7. The van der Waals surface area contributed by atoms with Gasteiger partial charge in [0.2, 0.25) is 11.8 Å². The van der Waals surface area contributed by atoms with E-state index in [-0.39, 0.29) is 38.2 Å². The van der Waals surface area contributed by atoms with E-state index < -0.39 is 34.4 Å². The van der Waals surface area contributed by atoms with Gasteiger partial charge in [0.15, 0.2) is 0 Å². The normalized spacial score (nSPS) is 12.2. The van der Waals surface area contributed by atoms with Crippen molar-refractivity contribution in [3.63, 3.8) is 0 Å². The Kier molecular flexibility index (Phi) is 10.5. The van der Waals surface area contributed by atoms with E-state index in [4.69, 9.17) is 46.4 Å². The average molecular weight is 631 g/mol. The lowest BCUT2D eigenvalue weighted by Crippen LogP contribution is -2.52. The van der Waals surface area contributed by atoms with Gasteiger partial charge in [-0.15, -0.1) is 0 Å². The van der Waals surface area contributed by atoms with Gasteiger partial charge in [-0.1, -0.05) is 70.7 Å².